The summed E-state index contributed by atoms with van der Waals surface area (Å²) >= 11 is 0. The fourth-order valence-corrected chi connectivity index (χ4v) is 2.55. The number of amides is 2. The van der Waals surface area contributed by atoms with Gasteiger partial charge in [0.1, 0.15) is 5.41 Å². The van der Waals surface area contributed by atoms with E-state index in [9.17, 15) is 9.59 Å². The summed E-state index contributed by atoms with van der Waals surface area (Å²) in [5.74, 6) is -0.626. The van der Waals surface area contributed by atoms with Gasteiger partial charge in [0.15, 0.2) is 0 Å². The molecule has 27 heavy (non-hydrogen) atoms. The van der Waals surface area contributed by atoms with E-state index in [1.165, 1.54) is 11.1 Å². The Labute approximate surface area is 162 Å². The molecule has 2 aromatic rings. The lowest BCUT2D eigenvalue weighted by molar-refractivity contribution is -0.138. The predicted octanol–water partition coefficient (Wildman–Crippen LogP) is 4.57. The Morgan fingerprint density at radius 3 is 1.89 bits per heavy atom. The maximum Gasteiger partial charge on any atom is 0.239 e. The first-order valence-corrected chi connectivity index (χ1v) is 9.26. The molecule has 0 saturated heterocycles. The molecule has 2 amide bonds. The third-order valence-electron chi connectivity index (χ3n) is 4.72. The van der Waals surface area contributed by atoms with Crippen molar-refractivity contribution in [1.29, 1.82) is 0 Å². The molecule has 144 valence electrons. The Hall–Kier alpha value is -2.62. The van der Waals surface area contributed by atoms with Gasteiger partial charge in [-0.25, -0.2) is 0 Å². The second-order valence-electron chi connectivity index (χ2n) is 8.57. The first kappa shape index (κ1) is 20.7. The predicted molar refractivity (Wildman–Crippen MR) is 111 cm³/mol. The van der Waals surface area contributed by atoms with Crippen LogP contribution in [0.1, 0.15) is 51.3 Å². The van der Waals surface area contributed by atoms with Gasteiger partial charge in [-0.1, -0.05) is 62.7 Å². The van der Waals surface area contributed by atoms with Gasteiger partial charge in [-0.05, 0) is 49.4 Å². The maximum absolute atomic E-state index is 12.6. The van der Waals surface area contributed by atoms with Crippen LogP contribution in [-0.2, 0) is 21.5 Å². The van der Waals surface area contributed by atoms with E-state index in [1.807, 2.05) is 55.5 Å². The molecule has 0 heterocycles. The Balaban J connectivity index is 1.98. The van der Waals surface area contributed by atoms with Gasteiger partial charge in [-0.2, -0.15) is 0 Å². The van der Waals surface area contributed by atoms with Crippen LogP contribution in [0, 0.1) is 12.3 Å². The normalized spacial score (nSPS) is 11.8. The van der Waals surface area contributed by atoms with E-state index in [0.29, 0.717) is 12.2 Å². The van der Waals surface area contributed by atoms with E-state index >= 15 is 0 Å². The smallest absolute Gasteiger partial charge is 0.239 e. The van der Waals surface area contributed by atoms with Crippen LogP contribution in [0.15, 0.2) is 48.5 Å². The molecule has 0 aliphatic carbocycles. The molecule has 0 aliphatic rings. The van der Waals surface area contributed by atoms with Gasteiger partial charge in [0, 0.05) is 12.2 Å². The van der Waals surface area contributed by atoms with Crippen LogP contribution in [0.25, 0.3) is 0 Å². The highest BCUT2D eigenvalue weighted by atomic mass is 16.2. The molecule has 2 rings (SSSR count). The standard InChI is InChI=1S/C23H30N2O2/c1-16-7-9-17(10-8-16)15-24-20(26)23(5,6)21(27)25-19-13-11-18(12-14-19)22(2,3)4/h7-14H,15H2,1-6H3,(H,24,26)(H,25,27). The maximum atomic E-state index is 12.6. The lowest BCUT2D eigenvalue weighted by atomic mass is 9.87. The molecule has 4 heteroatoms. The van der Waals surface area contributed by atoms with Crippen molar-refractivity contribution in [1.82, 2.24) is 5.32 Å². The van der Waals surface area contributed by atoms with E-state index in [-0.39, 0.29) is 17.2 Å². The van der Waals surface area contributed by atoms with Gasteiger partial charge < -0.3 is 10.6 Å². The summed E-state index contributed by atoms with van der Waals surface area (Å²) < 4.78 is 0. The van der Waals surface area contributed by atoms with Crippen LogP contribution in [-0.4, -0.2) is 11.8 Å². The minimum absolute atomic E-state index is 0.0532. The monoisotopic (exact) mass is 366 g/mol. The molecule has 0 fully saturated rings. The summed E-state index contributed by atoms with van der Waals surface area (Å²) in [6, 6.07) is 15.7. The molecule has 0 aliphatic heterocycles. The van der Waals surface area contributed by atoms with Crippen LogP contribution < -0.4 is 10.6 Å². The van der Waals surface area contributed by atoms with Crippen molar-refractivity contribution in [3.8, 4) is 0 Å². The van der Waals surface area contributed by atoms with Crippen molar-refractivity contribution < 1.29 is 9.59 Å². The molecule has 0 saturated carbocycles. The first-order chi connectivity index (χ1) is 12.5. The Morgan fingerprint density at radius 1 is 0.815 bits per heavy atom. The zero-order valence-corrected chi connectivity index (χ0v) is 17.1. The second-order valence-corrected chi connectivity index (χ2v) is 8.57. The van der Waals surface area contributed by atoms with E-state index in [1.54, 1.807) is 13.8 Å². The van der Waals surface area contributed by atoms with Crippen LogP contribution in [0.4, 0.5) is 5.69 Å². The van der Waals surface area contributed by atoms with Crippen LogP contribution in [0.2, 0.25) is 0 Å². The zero-order chi connectivity index (χ0) is 20.2. The quantitative estimate of drug-likeness (QED) is 0.761. The SMILES string of the molecule is Cc1ccc(CNC(=O)C(C)(C)C(=O)Nc2ccc(C(C)(C)C)cc2)cc1. The largest absolute Gasteiger partial charge is 0.351 e. The van der Waals surface area contributed by atoms with Crippen molar-refractivity contribution in [3.63, 3.8) is 0 Å². The lowest BCUT2D eigenvalue weighted by Crippen LogP contribution is -2.44. The summed E-state index contributed by atoms with van der Waals surface area (Å²) in [7, 11) is 0. The van der Waals surface area contributed by atoms with E-state index in [2.05, 4.69) is 31.4 Å². The minimum atomic E-state index is -1.17. The topological polar surface area (TPSA) is 58.2 Å². The number of carbonyl (C=O) groups is 2. The number of hydrogen-bond acceptors (Lipinski definition) is 2. The number of hydrogen-bond donors (Lipinski definition) is 2. The highest BCUT2D eigenvalue weighted by Crippen LogP contribution is 2.25. The van der Waals surface area contributed by atoms with Gasteiger partial charge in [0.05, 0.1) is 0 Å². The molecule has 0 spiro atoms. The van der Waals surface area contributed by atoms with E-state index in [0.717, 1.165) is 5.56 Å². The number of aryl methyl sites for hydroxylation is 1. The van der Waals surface area contributed by atoms with Crippen molar-refractivity contribution >= 4 is 17.5 Å². The van der Waals surface area contributed by atoms with Crippen molar-refractivity contribution in [3.05, 3.63) is 65.2 Å². The van der Waals surface area contributed by atoms with Crippen molar-refractivity contribution in [2.24, 2.45) is 5.41 Å². The summed E-state index contributed by atoms with van der Waals surface area (Å²) in [6.07, 6.45) is 0. The highest BCUT2D eigenvalue weighted by molar-refractivity contribution is 6.09. The van der Waals surface area contributed by atoms with Crippen molar-refractivity contribution in [2.75, 3.05) is 5.32 Å². The molecular formula is C23H30N2O2. The zero-order valence-electron chi connectivity index (χ0n) is 17.1. The molecule has 4 nitrogen and oxygen atoms in total. The fourth-order valence-electron chi connectivity index (χ4n) is 2.55. The summed E-state index contributed by atoms with van der Waals surface area (Å²) in [5, 5.41) is 5.70. The number of benzene rings is 2. The molecule has 0 radical (unpaired) electrons. The Bertz CT molecular complexity index is 798. The number of rotatable bonds is 5. The summed E-state index contributed by atoms with van der Waals surface area (Å²) in [4.78, 5) is 25.2. The van der Waals surface area contributed by atoms with E-state index < -0.39 is 5.41 Å². The average molecular weight is 367 g/mol. The number of carbonyl (C=O) groups excluding carboxylic acids is 2. The van der Waals surface area contributed by atoms with E-state index in [4.69, 9.17) is 0 Å². The van der Waals surface area contributed by atoms with Gasteiger partial charge in [0.2, 0.25) is 11.8 Å². The average Bonchev–Trinajstić information content (AvgIpc) is 2.60. The number of anilines is 1. The molecular weight excluding hydrogens is 336 g/mol. The van der Waals surface area contributed by atoms with Gasteiger partial charge >= 0.3 is 0 Å². The van der Waals surface area contributed by atoms with Crippen LogP contribution >= 0.6 is 0 Å². The van der Waals surface area contributed by atoms with Gasteiger partial charge in [-0.15, -0.1) is 0 Å². The Kier molecular flexibility index (Phi) is 6.09. The first-order valence-electron chi connectivity index (χ1n) is 9.26. The van der Waals surface area contributed by atoms with Crippen LogP contribution in [0.3, 0.4) is 0 Å². The highest BCUT2D eigenvalue weighted by Gasteiger charge is 2.36. The molecule has 0 atom stereocenters. The minimum Gasteiger partial charge on any atom is -0.351 e. The van der Waals surface area contributed by atoms with Gasteiger partial charge in [-0.3, -0.25) is 9.59 Å². The molecule has 0 bridgehead atoms. The molecule has 2 aromatic carbocycles. The third kappa shape index (κ3) is 5.43. The fraction of sp³-hybridized carbons (Fsp3) is 0.391. The van der Waals surface area contributed by atoms with Crippen molar-refractivity contribution in [2.45, 2.75) is 53.5 Å². The van der Waals surface area contributed by atoms with Gasteiger partial charge in [0.25, 0.3) is 0 Å². The second kappa shape index (κ2) is 7.95. The summed E-state index contributed by atoms with van der Waals surface area (Å²) in [6.45, 7) is 12.1. The lowest BCUT2D eigenvalue weighted by Gasteiger charge is -2.23. The van der Waals surface area contributed by atoms with Crippen LogP contribution in [0.5, 0.6) is 0 Å². The summed E-state index contributed by atoms with van der Waals surface area (Å²) in [5.41, 5.74) is 2.93. The number of nitrogens with one attached hydrogen (secondary N) is 2. The molecule has 0 aromatic heterocycles. The molecule has 0 unspecified atom stereocenters. The Morgan fingerprint density at radius 2 is 1.37 bits per heavy atom. The molecule has 2 N–H and O–H groups in total. The third-order valence-corrected chi connectivity index (χ3v) is 4.72.